The van der Waals surface area contributed by atoms with E-state index in [0.29, 0.717) is 11.8 Å². The molecule has 2 nitrogen and oxygen atoms in total. The maximum atomic E-state index is 10.8. The van der Waals surface area contributed by atoms with Gasteiger partial charge >= 0.3 is 5.97 Å². The monoisotopic (exact) mass is 308 g/mol. The first kappa shape index (κ1) is 20.9. The highest BCUT2D eigenvalue weighted by Crippen LogP contribution is 2.26. The van der Waals surface area contributed by atoms with E-state index in [9.17, 15) is 4.79 Å². The van der Waals surface area contributed by atoms with Crippen LogP contribution in [0.25, 0.3) is 0 Å². The van der Waals surface area contributed by atoms with Crippen LogP contribution in [0, 0.1) is 17.8 Å². The molecule has 2 heteroatoms. The van der Waals surface area contributed by atoms with E-state index < -0.39 is 5.97 Å². The number of unbranched alkanes of at least 4 members (excludes halogenated alkanes) is 4. The second-order valence-electron chi connectivity index (χ2n) is 6.72. The molecule has 0 amide bonds. The van der Waals surface area contributed by atoms with E-state index in [0.717, 1.165) is 19.3 Å². The average molecular weight is 309 g/mol. The summed E-state index contributed by atoms with van der Waals surface area (Å²) in [5.41, 5.74) is 0. The quantitative estimate of drug-likeness (QED) is 0.305. The molecule has 0 radical (unpaired) electrons. The topological polar surface area (TPSA) is 37.3 Å². The first-order valence-electron chi connectivity index (χ1n) is 9.00. The molecule has 0 aliphatic carbocycles. The van der Waals surface area contributed by atoms with Crippen LogP contribution in [-0.2, 0) is 4.79 Å². The lowest BCUT2D eigenvalue weighted by Gasteiger charge is -2.21. The number of aliphatic carboxylic acids is 1. The number of rotatable bonds is 14. The predicted molar refractivity (Wildman–Crippen MR) is 96.0 cm³/mol. The van der Waals surface area contributed by atoms with E-state index in [2.05, 4.69) is 32.6 Å². The Morgan fingerprint density at radius 3 is 2.50 bits per heavy atom. The molecule has 3 unspecified atom stereocenters. The highest BCUT2D eigenvalue weighted by Gasteiger charge is 2.15. The van der Waals surface area contributed by atoms with Crippen molar-refractivity contribution >= 4 is 5.97 Å². The van der Waals surface area contributed by atoms with Gasteiger partial charge in [0.1, 0.15) is 0 Å². The van der Waals surface area contributed by atoms with E-state index in [1.807, 2.05) is 13.0 Å². The minimum absolute atomic E-state index is 0.258. The summed E-state index contributed by atoms with van der Waals surface area (Å²) in [4.78, 5) is 10.8. The largest absolute Gasteiger partial charge is 0.481 e. The molecule has 0 spiro atoms. The minimum atomic E-state index is -0.686. The first-order valence-corrected chi connectivity index (χ1v) is 9.00. The number of carboxylic acid groups (broad SMARTS) is 1. The molecule has 22 heavy (non-hydrogen) atoms. The molecular formula is C20H36O2. The third kappa shape index (κ3) is 11.6. The Kier molecular flexibility index (Phi) is 13.0. The molecule has 0 aliphatic heterocycles. The zero-order valence-electron chi connectivity index (χ0n) is 14.9. The molecular weight excluding hydrogens is 272 g/mol. The normalized spacial score (nSPS) is 15.6. The molecule has 1 N–H and O–H groups in total. The first-order chi connectivity index (χ1) is 10.5. The van der Waals surface area contributed by atoms with Crippen molar-refractivity contribution < 1.29 is 9.90 Å². The summed E-state index contributed by atoms with van der Waals surface area (Å²) in [6.07, 6.45) is 16.5. The molecule has 0 fully saturated rings. The summed E-state index contributed by atoms with van der Waals surface area (Å²) < 4.78 is 0. The molecule has 0 aromatic carbocycles. The number of hydrogen-bond acceptors (Lipinski definition) is 1. The van der Waals surface area contributed by atoms with E-state index in [1.54, 1.807) is 0 Å². The van der Waals surface area contributed by atoms with Gasteiger partial charge in [-0.05, 0) is 49.9 Å². The SMILES string of the molecule is C=CCC(C)C(C=CCCCCCC)CCC(C)CC(=O)O. The number of carboxylic acids is 1. The molecule has 128 valence electrons. The molecule has 0 bridgehead atoms. The van der Waals surface area contributed by atoms with Crippen molar-refractivity contribution in [1.29, 1.82) is 0 Å². The molecule has 3 atom stereocenters. The van der Waals surface area contributed by atoms with Crippen LogP contribution in [0.5, 0.6) is 0 Å². The molecule has 0 rings (SSSR count). The van der Waals surface area contributed by atoms with Gasteiger partial charge in [0.05, 0.1) is 0 Å². The lowest BCUT2D eigenvalue weighted by atomic mass is 9.84. The Labute approximate surface area is 137 Å². The van der Waals surface area contributed by atoms with Gasteiger partial charge < -0.3 is 5.11 Å². The number of allylic oxidation sites excluding steroid dienone is 3. The van der Waals surface area contributed by atoms with Crippen LogP contribution in [0.4, 0.5) is 0 Å². The summed E-state index contributed by atoms with van der Waals surface area (Å²) >= 11 is 0. The maximum Gasteiger partial charge on any atom is 0.303 e. The van der Waals surface area contributed by atoms with Gasteiger partial charge in [-0.15, -0.1) is 6.58 Å². The van der Waals surface area contributed by atoms with E-state index in [4.69, 9.17) is 5.11 Å². The van der Waals surface area contributed by atoms with Crippen LogP contribution in [0.3, 0.4) is 0 Å². The smallest absolute Gasteiger partial charge is 0.303 e. The summed E-state index contributed by atoms with van der Waals surface area (Å²) in [6, 6.07) is 0. The van der Waals surface area contributed by atoms with Gasteiger partial charge in [0.15, 0.2) is 0 Å². The van der Waals surface area contributed by atoms with Crippen molar-refractivity contribution in [2.45, 2.75) is 78.6 Å². The van der Waals surface area contributed by atoms with Gasteiger partial charge in [0, 0.05) is 6.42 Å². The molecule has 0 saturated heterocycles. The molecule has 0 aliphatic rings. The van der Waals surface area contributed by atoms with Crippen LogP contribution >= 0.6 is 0 Å². The fourth-order valence-corrected chi connectivity index (χ4v) is 2.85. The summed E-state index contributed by atoms with van der Waals surface area (Å²) in [5, 5.41) is 8.86. The summed E-state index contributed by atoms with van der Waals surface area (Å²) in [6.45, 7) is 10.4. The van der Waals surface area contributed by atoms with Crippen molar-refractivity contribution in [2.75, 3.05) is 0 Å². The number of hydrogen-bond donors (Lipinski definition) is 1. The highest BCUT2D eigenvalue weighted by molar-refractivity contribution is 5.66. The van der Waals surface area contributed by atoms with Crippen molar-refractivity contribution in [3.63, 3.8) is 0 Å². The molecule has 0 heterocycles. The maximum absolute atomic E-state index is 10.8. The fourth-order valence-electron chi connectivity index (χ4n) is 2.85. The van der Waals surface area contributed by atoms with Gasteiger partial charge in [-0.1, -0.05) is 58.3 Å². The Hall–Kier alpha value is -1.05. The Morgan fingerprint density at radius 2 is 1.91 bits per heavy atom. The van der Waals surface area contributed by atoms with Gasteiger partial charge in [0.2, 0.25) is 0 Å². The minimum Gasteiger partial charge on any atom is -0.481 e. The van der Waals surface area contributed by atoms with Crippen LogP contribution in [0.2, 0.25) is 0 Å². The predicted octanol–water partition coefficient (Wildman–Crippen LogP) is 6.23. The van der Waals surface area contributed by atoms with Crippen molar-refractivity contribution in [1.82, 2.24) is 0 Å². The van der Waals surface area contributed by atoms with Crippen molar-refractivity contribution in [3.8, 4) is 0 Å². The van der Waals surface area contributed by atoms with E-state index in [1.165, 1.54) is 32.1 Å². The Bertz CT molecular complexity index is 320. The van der Waals surface area contributed by atoms with Crippen LogP contribution in [0.1, 0.15) is 78.6 Å². The lowest BCUT2D eigenvalue weighted by Crippen LogP contribution is -2.12. The summed E-state index contributed by atoms with van der Waals surface area (Å²) in [7, 11) is 0. The third-order valence-corrected chi connectivity index (χ3v) is 4.39. The van der Waals surface area contributed by atoms with Crippen LogP contribution in [0.15, 0.2) is 24.8 Å². The third-order valence-electron chi connectivity index (χ3n) is 4.39. The highest BCUT2D eigenvalue weighted by atomic mass is 16.4. The zero-order chi connectivity index (χ0) is 16.8. The van der Waals surface area contributed by atoms with Crippen molar-refractivity contribution in [2.24, 2.45) is 17.8 Å². The lowest BCUT2D eigenvalue weighted by molar-refractivity contribution is -0.138. The fraction of sp³-hybridized carbons (Fsp3) is 0.750. The van der Waals surface area contributed by atoms with Gasteiger partial charge in [-0.2, -0.15) is 0 Å². The van der Waals surface area contributed by atoms with Crippen LogP contribution < -0.4 is 0 Å². The zero-order valence-corrected chi connectivity index (χ0v) is 14.9. The van der Waals surface area contributed by atoms with E-state index in [-0.39, 0.29) is 12.3 Å². The number of carbonyl (C=O) groups is 1. The van der Waals surface area contributed by atoms with Crippen LogP contribution in [-0.4, -0.2) is 11.1 Å². The standard InChI is InChI=1S/C20H36O2/c1-5-7-8-9-10-11-13-19(18(4)12-6-2)15-14-17(3)16-20(21)22/h6,11,13,17-19H,2,5,7-10,12,14-16H2,1,3-4H3,(H,21,22). The van der Waals surface area contributed by atoms with Crippen molar-refractivity contribution in [3.05, 3.63) is 24.8 Å². The second kappa shape index (κ2) is 13.6. The Morgan fingerprint density at radius 1 is 1.18 bits per heavy atom. The average Bonchev–Trinajstić information content (AvgIpc) is 2.45. The van der Waals surface area contributed by atoms with Gasteiger partial charge in [-0.3, -0.25) is 4.79 Å². The summed E-state index contributed by atoms with van der Waals surface area (Å²) in [5.74, 6) is 0.699. The van der Waals surface area contributed by atoms with Gasteiger partial charge in [-0.25, -0.2) is 0 Å². The second-order valence-corrected chi connectivity index (χ2v) is 6.72. The molecule has 0 aromatic heterocycles. The molecule has 0 saturated carbocycles. The molecule has 0 aromatic rings. The van der Waals surface area contributed by atoms with E-state index >= 15 is 0 Å². The Balaban J connectivity index is 4.27. The van der Waals surface area contributed by atoms with Gasteiger partial charge in [0.25, 0.3) is 0 Å².